The van der Waals surface area contributed by atoms with Crippen molar-refractivity contribution in [3.8, 4) is 5.75 Å². The number of phenolic OH excluding ortho intramolecular Hbond substituents is 1. The van der Waals surface area contributed by atoms with Gasteiger partial charge in [0.2, 0.25) is 0 Å². The summed E-state index contributed by atoms with van der Waals surface area (Å²) in [6.07, 6.45) is 0. The Morgan fingerprint density at radius 3 is 2.21 bits per heavy atom. The quantitative estimate of drug-likeness (QED) is 0.667. The van der Waals surface area contributed by atoms with Gasteiger partial charge in [0.25, 0.3) is 0 Å². The summed E-state index contributed by atoms with van der Waals surface area (Å²) in [6.45, 7) is 7.12. The molecule has 1 aromatic carbocycles. The first-order chi connectivity index (χ1) is 6.52. The SMILES string of the molecule is CC.CC(=N)c1c(O)cc(C)cc1F. The zero-order valence-corrected chi connectivity index (χ0v) is 8.98. The van der Waals surface area contributed by atoms with Crippen LogP contribution in [-0.2, 0) is 0 Å². The lowest BCUT2D eigenvalue weighted by molar-refractivity contribution is 0.466. The van der Waals surface area contributed by atoms with Crippen molar-refractivity contribution in [2.45, 2.75) is 27.7 Å². The molecule has 3 heteroatoms. The average Bonchev–Trinajstić information content (AvgIpc) is 2.04. The van der Waals surface area contributed by atoms with Crippen LogP contribution in [0.5, 0.6) is 5.75 Å². The molecular weight excluding hydrogens is 181 g/mol. The van der Waals surface area contributed by atoms with Gasteiger partial charge in [0.05, 0.1) is 5.56 Å². The first-order valence-electron chi connectivity index (χ1n) is 4.57. The zero-order valence-electron chi connectivity index (χ0n) is 8.98. The normalized spacial score (nSPS) is 8.93. The van der Waals surface area contributed by atoms with Crippen molar-refractivity contribution in [3.05, 3.63) is 29.1 Å². The van der Waals surface area contributed by atoms with Gasteiger partial charge in [0, 0.05) is 5.71 Å². The molecule has 78 valence electrons. The number of nitrogens with one attached hydrogen (secondary N) is 1. The van der Waals surface area contributed by atoms with Crippen LogP contribution in [0.1, 0.15) is 31.9 Å². The number of benzene rings is 1. The molecule has 1 rings (SSSR count). The molecule has 0 aromatic heterocycles. The van der Waals surface area contributed by atoms with Gasteiger partial charge in [0.15, 0.2) is 0 Å². The molecule has 0 radical (unpaired) electrons. The number of aromatic hydroxyl groups is 1. The maximum absolute atomic E-state index is 13.1. The van der Waals surface area contributed by atoms with E-state index in [4.69, 9.17) is 5.41 Å². The van der Waals surface area contributed by atoms with Crippen LogP contribution in [0.3, 0.4) is 0 Å². The lowest BCUT2D eigenvalue weighted by Crippen LogP contribution is -1.98. The van der Waals surface area contributed by atoms with Crippen LogP contribution in [0.4, 0.5) is 4.39 Å². The van der Waals surface area contributed by atoms with Gasteiger partial charge in [-0.15, -0.1) is 0 Å². The molecule has 1 aromatic rings. The molecule has 0 saturated carbocycles. The molecule has 2 N–H and O–H groups in total. The minimum absolute atomic E-state index is 0.0133. The molecule has 0 spiro atoms. The van der Waals surface area contributed by atoms with Crippen LogP contribution in [0.15, 0.2) is 12.1 Å². The molecule has 0 aliphatic carbocycles. The van der Waals surface area contributed by atoms with Gasteiger partial charge in [-0.05, 0) is 31.5 Å². The Kier molecular flexibility index (Phi) is 4.84. The maximum atomic E-state index is 13.1. The van der Waals surface area contributed by atoms with E-state index in [1.165, 1.54) is 19.1 Å². The van der Waals surface area contributed by atoms with E-state index in [0.29, 0.717) is 5.56 Å². The molecule has 0 unspecified atom stereocenters. The summed E-state index contributed by atoms with van der Waals surface area (Å²) in [6, 6.07) is 2.74. The highest BCUT2D eigenvalue weighted by Gasteiger charge is 2.10. The van der Waals surface area contributed by atoms with Crippen molar-refractivity contribution < 1.29 is 9.50 Å². The van der Waals surface area contributed by atoms with Gasteiger partial charge >= 0.3 is 0 Å². The third kappa shape index (κ3) is 2.83. The highest BCUT2D eigenvalue weighted by atomic mass is 19.1. The molecule has 0 amide bonds. The maximum Gasteiger partial charge on any atom is 0.136 e. The van der Waals surface area contributed by atoms with E-state index >= 15 is 0 Å². The minimum Gasteiger partial charge on any atom is -0.507 e. The van der Waals surface area contributed by atoms with Gasteiger partial charge in [-0.25, -0.2) is 4.39 Å². The summed E-state index contributed by atoms with van der Waals surface area (Å²) in [5, 5.41) is 16.4. The van der Waals surface area contributed by atoms with Crippen LogP contribution >= 0.6 is 0 Å². The van der Waals surface area contributed by atoms with Crippen molar-refractivity contribution in [1.82, 2.24) is 0 Å². The van der Waals surface area contributed by atoms with Gasteiger partial charge < -0.3 is 10.5 Å². The molecule has 0 fully saturated rings. The van der Waals surface area contributed by atoms with E-state index in [9.17, 15) is 9.50 Å². The van der Waals surface area contributed by atoms with Crippen molar-refractivity contribution in [1.29, 1.82) is 5.41 Å². The van der Waals surface area contributed by atoms with E-state index < -0.39 is 5.82 Å². The third-order valence-corrected chi connectivity index (χ3v) is 1.59. The molecule has 0 aliphatic heterocycles. The fraction of sp³-hybridized carbons (Fsp3) is 0.364. The number of aryl methyl sites for hydroxylation is 1. The zero-order chi connectivity index (χ0) is 11.3. The minimum atomic E-state index is -0.542. The smallest absolute Gasteiger partial charge is 0.136 e. The van der Waals surface area contributed by atoms with E-state index in [2.05, 4.69) is 0 Å². The Labute approximate surface area is 83.9 Å². The van der Waals surface area contributed by atoms with Crippen molar-refractivity contribution in [3.63, 3.8) is 0 Å². The number of hydrogen-bond donors (Lipinski definition) is 2. The standard InChI is InChI=1S/C9H10FNO.C2H6/c1-5-3-7(10)9(6(2)11)8(12)4-5;1-2/h3-4,11-12H,1-2H3;1-2H3. The Balaban J connectivity index is 0.000000791. The summed E-state index contributed by atoms with van der Waals surface area (Å²) < 4.78 is 13.1. The molecule has 0 saturated heterocycles. The molecular formula is C11H16FNO. The summed E-state index contributed by atoms with van der Waals surface area (Å²) in [7, 11) is 0. The highest BCUT2D eigenvalue weighted by molar-refractivity contribution is 5.99. The van der Waals surface area contributed by atoms with Gasteiger partial charge in [-0.2, -0.15) is 0 Å². The summed E-state index contributed by atoms with van der Waals surface area (Å²) in [5.74, 6) is -0.708. The van der Waals surface area contributed by atoms with E-state index in [1.807, 2.05) is 13.8 Å². The molecule has 2 nitrogen and oxygen atoms in total. The second kappa shape index (κ2) is 5.37. The Morgan fingerprint density at radius 2 is 1.86 bits per heavy atom. The van der Waals surface area contributed by atoms with E-state index in [-0.39, 0.29) is 17.0 Å². The average molecular weight is 197 g/mol. The van der Waals surface area contributed by atoms with Crippen molar-refractivity contribution in [2.75, 3.05) is 0 Å². The fourth-order valence-electron chi connectivity index (χ4n) is 1.10. The highest BCUT2D eigenvalue weighted by Crippen LogP contribution is 2.22. The van der Waals surface area contributed by atoms with Gasteiger partial charge in [0.1, 0.15) is 11.6 Å². The Bertz CT molecular complexity index is 311. The van der Waals surface area contributed by atoms with Crippen LogP contribution in [0, 0.1) is 18.2 Å². The predicted molar refractivity (Wildman–Crippen MR) is 56.7 cm³/mol. The van der Waals surface area contributed by atoms with Crippen LogP contribution in [0.25, 0.3) is 0 Å². The van der Waals surface area contributed by atoms with Gasteiger partial charge in [-0.3, -0.25) is 0 Å². The third-order valence-electron chi connectivity index (χ3n) is 1.59. The second-order valence-electron chi connectivity index (χ2n) is 2.77. The number of hydrogen-bond acceptors (Lipinski definition) is 2. The van der Waals surface area contributed by atoms with E-state index in [1.54, 1.807) is 6.92 Å². The predicted octanol–water partition coefficient (Wildman–Crippen LogP) is 3.25. The monoisotopic (exact) mass is 197 g/mol. The summed E-state index contributed by atoms with van der Waals surface area (Å²) in [5.41, 5.74) is 0.667. The summed E-state index contributed by atoms with van der Waals surface area (Å²) in [4.78, 5) is 0. The first kappa shape index (κ1) is 12.6. The second-order valence-corrected chi connectivity index (χ2v) is 2.77. The molecule has 14 heavy (non-hydrogen) atoms. The molecule has 0 bridgehead atoms. The Morgan fingerprint density at radius 1 is 1.36 bits per heavy atom. The van der Waals surface area contributed by atoms with Crippen LogP contribution in [0.2, 0.25) is 0 Å². The molecule has 0 atom stereocenters. The largest absolute Gasteiger partial charge is 0.507 e. The molecule has 0 heterocycles. The fourth-order valence-corrected chi connectivity index (χ4v) is 1.10. The number of halogens is 1. The van der Waals surface area contributed by atoms with Crippen molar-refractivity contribution in [2.24, 2.45) is 0 Å². The van der Waals surface area contributed by atoms with Crippen LogP contribution in [-0.4, -0.2) is 10.8 Å². The molecule has 0 aliphatic rings. The van der Waals surface area contributed by atoms with Crippen LogP contribution < -0.4 is 0 Å². The van der Waals surface area contributed by atoms with Gasteiger partial charge in [-0.1, -0.05) is 13.8 Å². The Hall–Kier alpha value is -1.38. The lowest BCUT2D eigenvalue weighted by Gasteiger charge is -2.04. The summed E-state index contributed by atoms with van der Waals surface area (Å²) >= 11 is 0. The number of phenols is 1. The first-order valence-corrected chi connectivity index (χ1v) is 4.57. The number of rotatable bonds is 1. The topological polar surface area (TPSA) is 44.1 Å². The van der Waals surface area contributed by atoms with Crippen molar-refractivity contribution >= 4 is 5.71 Å². The van der Waals surface area contributed by atoms with E-state index in [0.717, 1.165) is 0 Å². The lowest BCUT2D eigenvalue weighted by atomic mass is 10.1.